The normalized spacial score (nSPS) is 12.8. The van der Waals surface area contributed by atoms with Crippen molar-refractivity contribution in [1.29, 1.82) is 0 Å². The summed E-state index contributed by atoms with van der Waals surface area (Å²) >= 11 is 0. The predicted octanol–water partition coefficient (Wildman–Crippen LogP) is 11.2. The Morgan fingerprint density at radius 2 is 1.02 bits per heavy atom. The van der Waals surface area contributed by atoms with Crippen LogP contribution in [0.15, 0.2) is 48.6 Å². The molecule has 1 N–H and O–H groups in total. The summed E-state index contributed by atoms with van der Waals surface area (Å²) in [5.74, 6) is -0.733. The van der Waals surface area contributed by atoms with Crippen molar-refractivity contribution in [2.45, 2.75) is 168 Å². The van der Waals surface area contributed by atoms with Gasteiger partial charge in [0.25, 0.3) is 0 Å². The van der Waals surface area contributed by atoms with Gasteiger partial charge in [-0.2, -0.15) is 0 Å². The molecule has 0 rings (SSSR count). The molecule has 0 aromatic carbocycles. The van der Waals surface area contributed by atoms with Gasteiger partial charge < -0.3 is 9.84 Å². The Balaban J connectivity index is 3.83. The summed E-state index contributed by atoms with van der Waals surface area (Å²) < 4.78 is 5.84. The topological polar surface area (TPSA) is 63.6 Å². The number of carboxylic acids is 1. The average Bonchev–Trinajstić information content (AvgIpc) is 2.94. The zero-order valence-electron chi connectivity index (χ0n) is 26.1. The maximum atomic E-state index is 12.4. The van der Waals surface area contributed by atoms with E-state index in [2.05, 4.69) is 62.5 Å². The van der Waals surface area contributed by atoms with Crippen molar-refractivity contribution in [3.8, 4) is 0 Å². The highest BCUT2D eigenvalue weighted by atomic mass is 16.5. The van der Waals surface area contributed by atoms with Crippen molar-refractivity contribution in [3.05, 3.63) is 48.6 Å². The molecule has 1 atom stereocenters. The predicted molar refractivity (Wildman–Crippen MR) is 172 cm³/mol. The molecule has 0 fully saturated rings. The first-order chi connectivity index (χ1) is 19.6. The van der Waals surface area contributed by atoms with Crippen LogP contribution in [0.2, 0.25) is 0 Å². The number of hydrogen-bond donors (Lipinski definition) is 1. The Kier molecular flexibility index (Phi) is 29.8. The van der Waals surface area contributed by atoms with Gasteiger partial charge in [0, 0.05) is 12.8 Å². The van der Waals surface area contributed by atoms with Crippen LogP contribution in [-0.2, 0) is 14.3 Å². The van der Waals surface area contributed by atoms with E-state index in [-0.39, 0.29) is 12.1 Å². The third-order valence-electron chi connectivity index (χ3n) is 7.05. The first-order valence-electron chi connectivity index (χ1n) is 16.6. The molecule has 0 spiro atoms. The summed E-state index contributed by atoms with van der Waals surface area (Å²) in [6.45, 7) is 4.42. The van der Waals surface area contributed by atoms with E-state index in [1.165, 1.54) is 51.4 Å². The molecule has 0 saturated carbocycles. The van der Waals surface area contributed by atoms with Crippen LogP contribution in [0.25, 0.3) is 0 Å². The highest BCUT2D eigenvalue weighted by Crippen LogP contribution is 2.17. The Morgan fingerprint density at radius 1 is 0.550 bits per heavy atom. The van der Waals surface area contributed by atoms with Crippen molar-refractivity contribution in [2.75, 3.05) is 0 Å². The van der Waals surface area contributed by atoms with Gasteiger partial charge in [0.15, 0.2) is 0 Å². The SMILES string of the molecule is CCCCC/C=C\C/C=C\C/C=C\C/C=C\CCCC(=O)OC(CCCC)CCCCCCCCCCC(=O)O. The molecule has 40 heavy (non-hydrogen) atoms. The van der Waals surface area contributed by atoms with Crippen LogP contribution in [0.1, 0.15) is 162 Å². The number of ether oxygens (including phenoxy) is 1. The molecule has 0 aliphatic rings. The van der Waals surface area contributed by atoms with Gasteiger partial charge in [-0.1, -0.05) is 127 Å². The lowest BCUT2D eigenvalue weighted by molar-refractivity contribution is -0.150. The summed E-state index contributed by atoms with van der Waals surface area (Å²) in [5, 5.41) is 8.67. The van der Waals surface area contributed by atoms with E-state index in [0.29, 0.717) is 12.8 Å². The fourth-order valence-corrected chi connectivity index (χ4v) is 4.57. The minimum Gasteiger partial charge on any atom is -0.481 e. The quantitative estimate of drug-likeness (QED) is 0.0563. The van der Waals surface area contributed by atoms with Gasteiger partial charge in [0.2, 0.25) is 0 Å². The molecule has 0 aromatic heterocycles. The molecule has 0 aliphatic carbocycles. The van der Waals surface area contributed by atoms with Gasteiger partial charge in [-0.15, -0.1) is 0 Å². The van der Waals surface area contributed by atoms with Gasteiger partial charge in [0.05, 0.1) is 0 Å². The molecule has 1 unspecified atom stereocenters. The van der Waals surface area contributed by atoms with E-state index in [0.717, 1.165) is 83.5 Å². The molecule has 0 amide bonds. The van der Waals surface area contributed by atoms with E-state index >= 15 is 0 Å². The Bertz CT molecular complexity index is 689. The summed E-state index contributed by atoms with van der Waals surface area (Å²) in [4.78, 5) is 22.9. The van der Waals surface area contributed by atoms with E-state index < -0.39 is 5.97 Å². The van der Waals surface area contributed by atoms with Gasteiger partial charge in [-0.3, -0.25) is 9.59 Å². The van der Waals surface area contributed by atoms with Crippen molar-refractivity contribution < 1.29 is 19.4 Å². The summed E-state index contributed by atoms with van der Waals surface area (Å²) in [6.07, 6.45) is 41.6. The minimum atomic E-state index is -0.690. The van der Waals surface area contributed by atoms with E-state index in [9.17, 15) is 9.59 Å². The molecule has 4 heteroatoms. The van der Waals surface area contributed by atoms with Gasteiger partial charge in [-0.25, -0.2) is 0 Å². The number of esters is 1. The lowest BCUT2D eigenvalue weighted by atomic mass is 10.0. The molecule has 4 nitrogen and oxygen atoms in total. The second-order valence-electron chi connectivity index (χ2n) is 11.0. The van der Waals surface area contributed by atoms with Crippen LogP contribution >= 0.6 is 0 Å². The van der Waals surface area contributed by atoms with Crippen LogP contribution in [0.4, 0.5) is 0 Å². The summed E-state index contributed by atoms with van der Waals surface area (Å²) in [7, 11) is 0. The zero-order chi connectivity index (χ0) is 29.4. The largest absolute Gasteiger partial charge is 0.481 e. The summed E-state index contributed by atoms with van der Waals surface area (Å²) in [5.41, 5.74) is 0. The number of carboxylic acid groups (broad SMARTS) is 1. The lowest BCUT2D eigenvalue weighted by Crippen LogP contribution is -2.18. The maximum absolute atomic E-state index is 12.4. The molecule has 0 heterocycles. The highest BCUT2D eigenvalue weighted by molar-refractivity contribution is 5.69. The van der Waals surface area contributed by atoms with Crippen molar-refractivity contribution in [3.63, 3.8) is 0 Å². The van der Waals surface area contributed by atoms with Crippen LogP contribution in [-0.4, -0.2) is 23.1 Å². The smallest absolute Gasteiger partial charge is 0.306 e. The van der Waals surface area contributed by atoms with Crippen molar-refractivity contribution in [2.24, 2.45) is 0 Å². The number of carbonyl (C=O) groups is 2. The molecule has 0 radical (unpaired) electrons. The van der Waals surface area contributed by atoms with Gasteiger partial charge >= 0.3 is 11.9 Å². The first-order valence-corrected chi connectivity index (χ1v) is 16.6. The van der Waals surface area contributed by atoms with E-state index in [1.807, 2.05) is 0 Å². The Morgan fingerprint density at radius 3 is 1.57 bits per heavy atom. The van der Waals surface area contributed by atoms with Gasteiger partial charge in [0.1, 0.15) is 6.10 Å². The van der Waals surface area contributed by atoms with Crippen molar-refractivity contribution in [1.82, 2.24) is 0 Å². The Labute approximate surface area is 247 Å². The van der Waals surface area contributed by atoms with Crippen LogP contribution in [0.5, 0.6) is 0 Å². The van der Waals surface area contributed by atoms with E-state index in [1.54, 1.807) is 0 Å². The number of aliphatic carboxylic acids is 1. The fourth-order valence-electron chi connectivity index (χ4n) is 4.57. The number of carbonyl (C=O) groups excluding carboxylic acids is 1. The third-order valence-corrected chi connectivity index (χ3v) is 7.05. The maximum Gasteiger partial charge on any atom is 0.306 e. The minimum absolute atomic E-state index is 0.0432. The molecule has 0 aliphatic heterocycles. The second-order valence-corrected chi connectivity index (χ2v) is 11.0. The monoisotopic (exact) mass is 558 g/mol. The first kappa shape index (κ1) is 37.9. The molecular formula is C36H62O4. The third kappa shape index (κ3) is 30.4. The van der Waals surface area contributed by atoms with Crippen molar-refractivity contribution >= 4 is 11.9 Å². The van der Waals surface area contributed by atoms with Gasteiger partial charge in [-0.05, 0) is 70.6 Å². The number of rotatable bonds is 29. The number of allylic oxidation sites excluding steroid dienone is 8. The molecule has 230 valence electrons. The van der Waals surface area contributed by atoms with E-state index in [4.69, 9.17) is 9.84 Å². The second kappa shape index (κ2) is 31.4. The Hall–Kier alpha value is -2.10. The highest BCUT2D eigenvalue weighted by Gasteiger charge is 2.13. The molecule has 0 aromatic rings. The summed E-state index contributed by atoms with van der Waals surface area (Å²) in [6, 6.07) is 0. The molecular weight excluding hydrogens is 496 g/mol. The van der Waals surface area contributed by atoms with Crippen LogP contribution in [0.3, 0.4) is 0 Å². The van der Waals surface area contributed by atoms with Crippen LogP contribution < -0.4 is 0 Å². The number of hydrogen-bond acceptors (Lipinski definition) is 3. The number of unbranched alkanes of at least 4 members (excludes halogenated alkanes) is 12. The lowest BCUT2D eigenvalue weighted by Gasteiger charge is -2.17. The average molecular weight is 559 g/mol. The molecule has 0 saturated heterocycles. The standard InChI is InChI=1S/C36H62O4/c1-3-5-7-8-9-10-11-12-13-14-15-16-17-18-23-26-29-33-36(39)40-34(30-6-4-2)31-27-24-21-19-20-22-25-28-32-35(37)38/h9-10,12-13,15-16,18,23,34H,3-8,11,14,17,19-22,24-33H2,1-2H3,(H,37,38)/b10-9-,13-12-,16-15-,23-18-. The van der Waals surface area contributed by atoms with Crippen LogP contribution in [0, 0.1) is 0 Å². The zero-order valence-corrected chi connectivity index (χ0v) is 26.1. The molecule has 0 bridgehead atoms. The fraction of sp³-hybridized carbons (Fsp3) is 0.722.